The third-order valence-corrected chi connectivity index (χ3v) is 3.26. The molecule has 1 N–H and O–H groups in total. The van der Waals surface area contributed by atoms with Gasteiger partial charge in [0.2, 0.25) is 0 Å². The molecular weight excluding hydrogens is 411 g/mol. The highest BCUT2D eigenvalue weighted by Gasteiger charge is 2.27. The summed E-state index contributed by atoms with van der Waals surface area (Å²) < 4.78 is 30.0. The maximum Gasteiger partial charge on any atom is 0.356 e. The Bertz CT molecular complexity index is 840. The van der Waals surface area contributed by atoms with E-state index in [0.29, 0.717) is 11.5 Å². The number of carbonyl (C=O) groups is 1. The van der Waals surface area contributed by atoms with Crippen LogP contribution in [-0.2, 0) is 6.42 Å². The zero-order valence-corrected chi connectivity index (χ0v) is 13.0. The van der Waals surface area contributed by atoms with Crippen molar-refractivity contribution in [3.63, 3.8) is 0 Å². The van der Waals surface area contributed by atoms with E-state index in [1.165, 1.54) is 18.4 Å². The van der Waals surface area contributed by atoms with Crippen LogP contribution in [-0.4, -0.2) is 29.6 Å². The Balaban J connectivity index is 2.21. The average molecular weight is 419 g/mol. The molecule has 0 aliphatic carbocycles. The minimum Gasteiger partial charge on any atom is -0.476 e. The molecule has 0 amide bonds. The van der Waals surface area contributed by atoms with Gasteiger partial charge >= 0.3 is 9.90 Å². The Morgan fingerprint density at radius 2 is 2.23 bits per heavy atom. The van der Waals surface area contributed by atoms with Crippen molar-refractivity contribution in [1.29, 1.82) is 0 Å². The Labute approximate surface area is 135 Å². The molecule has 0 aromatic carbocycles. The molecule has 3 heterocycles. The van der Waals surface area contributed by atoms with Crippen LogP contribution in [0, 0.1) is 0 Å². The quantitative estimate of drug-likeness (QED) is 0.519. The fourth-order valence-electron chi connectivity index (χ4n) is 2.02. The van der Waals surface area contributed by atoms with Crippen molar-refractivity contribution < 1.29 is 23.1 Å². The van der Waals surface area contributed by atoms with Crippen LogP contribution in [0.4, 0.5) is 8.78 Å². The maximum atomic E-state index is 13.4. The van der Waals surface area contributed by atoms with Gasteiger partial charge in [-0.25, -0.2) is 14.3 Å². The standard InChI is InChI=1S/C13H8F2IN3O3/c14-13(15,16)6-7-4-8(10-2-1-3-22-10)17-11-5-9(12(20)21)18-19(7)11/h1-5H,6H2,(H,20,21). The lowest BCUT2D eigenvalue weighted by atomic mass is 10.2. The summed E-state index contributed by atoms with van der Waals surface area (Å²) in [5, 5.41) is 12.8. The molecule has 0 bridgehead atoms. The Morgan fingerprint density at radius 3 is 2.82 bits per heavy atom. The van der Waals surface area contributed by atoms with Crippen LogP contribution < -0.4 is 0 Å². The van der Waals surface area contributed by atoms with Gasteiger partial charge in [-0.1, -0.05) is 0 Å². The highest BCUT2D eigenvalue weighted by Crippen LogP contribution is 2.29. The van der Waals surface area contributed by atoms with Crippen LogP contribution in [0.5, 0.6) is 0 Å². The minimum absolute atomic E-state index is 0.142. The Kier molecular flexibility index (Phi) is 3.59. The van der Waals surface area contributed by atoms with E-state index in [1.807, 2.05) is 0 Å². The number of carboxylic acids is 1. The van der Waals surface area contributed by atoms with Gasteiger partial charge in [-0.15, -0.1) is 0 Å². The first-order valence-electron chi connectivity index (χ1n) is 6.07. The molecule has 22 heavy (non-hydrogen) atoms. The second-order valence-electron chi connectivity index (χ2n) is 4.51. The summed E-state index contributed by atoms with van der Waals surface area (Å²) in [4.78, 5) is 15.2. The van der Waals surface area contributed by atoms with E-state index >= 15 is 0 Å². The van der Waals surface area contributed by atoms with Gasteiger partial charge in [0.05, 0.1) is 18.4 Å². The van der Waals surface area contributed by atoms with E-state index in [2.05, 4.69) is 10.1 Å². The summed E-state index contributed by atoms with van der Waals surface area (Å²) in [5.74, 6) is -0.851. The number of fused-ring (bicyclic) bond motifs is 1. The highest BCUT2D eigenvalue weighted by molar-refractivity contribution is 14.1. The number of hydrogen-bond acceptors (Lipinski definition) is 4. The van der Waals surface area contributed by atoms with Crippen LogP contribution in [0.2, 0.25) is 0 Å². The van der Waals surface area contributed by atoms with Crippen molar-refractivity contribution in [2.24, 2.45) is 0 Å². The number of furan rings is 1. The number of nitrogens with zero attached hydrogens (tertiary/aromatic N) is 3. The van der Waals surface area contributed by atoms with Gasteiger partial charge in [-0.05, 0) is 40.8 Å². The zero-order valence-electron chi connectivity index (χ0n) is 10.8. The van der Waals surface area contributed by atoms with Crippen molar-refractivity contribution in [3.8, 4) is 11.5 Å². The normalized spacial score (nSPS) is 12.0. The largest absolute Gasteiger partial charge is 0.476 e. The smallest absolute Gasteiger partial charge is 0.356 e. The number of hydrogen-bond donors (Lipinski definition) is 1. The van der Waals surface area contributed by atoms with Crippen LogP contribution in [0.3, 0.4) is 0 Å². The molecule has 0 radical (unpaired) electrons. The van der Waals surface area contributed by atoms with Crippen LogP contribution in [0.15, 0.2) is 34.9 Å². The van der Waals surface area contributed by atoms with Gasteiger partial charge in [-0.2, -0.15) is 13.9 Å². The number of aromatic nitrogens is 3. The number of alkyl halides is 3. The summed E-state index contributed by atoms with van der Waals surface area (Å²) >= 11 is 1.02. The second-order valence-corrected chi connectivity index (χ2v) is 6.08. The summed E-state index contributed by atoms with van der Waals surface area (Å²) in [6.45, 7) is 0. The van der Waals surface area contributed by atoms with Crippen LogP contribution >= 0.6 is 22.6 Å². The highest BCUT2D eigenvalue weighted by atomic mass is 127. The number of halogens is 3. The molecule has 114 valence electrons. The average Bonchev–Trinajstić information content (AvgIpc) is 3.05. The molecule has 9 heteroatoms. The molecule has 0 saturated heterocycles. The number of rotatable bonds is 4. The molecule has 3 aromatic heterocycles. The van der Waals surface area contributed by atoms with Crippen molar-refractivity contribution in [3.05, 3.63) is 41.9 Å². The first-order valence-corrected chi connectivity index (χ1v) is 7.15. The SMILES string of the molecule is O=C(O)c1cc2nc(-c3ccco3)cc(CC(F)(F)I)n2n1. The van der Waals surface area contributed by atoms with Crippen molar-refractivity contribution in [2.75, 3.05) is 0 Å². The third kappa shape index (κ3) is 2.93. The number of aromatic carboxylic acids is 1. The molecule has 0 aliphatic rings. The fraction of sp³-hybridized carbons (Fsp3) is 0.154. The summed E-state index contributed by atoms with van der Waals surface area (Å²) in [6, 6.07) is 5.92. The van der Waals surface area contributed by atoms with E-state index in [0.717, 1.165) is 27.1 Å². The van der Waals surface area contributed by atoms with E-state index in [-0.39, 0.29) is 17.0 Å². The van der Waals surface area contributed by atoms with Gasteiger partial charge in [0.15, 0.2) is 17.1 Å². The van der Waals surface area contributed by atoms with E-state index in [9.17, 15) is 13.6 Å². The zero-order chi connectivity index (χ0) is 15.9. The molecule has 0 aliphatic heterocycles. The lowest BCUT2D eigenvalue weighted by Gasteiger charge is -2.10. The number of carboxylic acid groups (broad SMARTS) is 1. The van der Waals surface area contributed by atoms with Gasteiger partial charge in [0.25, 0.3) is 0 Å². The summed E-state index contributed by atoms with van der Waals surface area (Å²) in [7, 11) is 0. The van der Waals surface area contributed by atoms with Crippen molar-refractivity contribution in [1.82, 2.24) is 14.6 Å². The van der Waals surface area contributed by atoms with Gasteiger partial charge in [-0.3, -0.25) is 0 Å². The third-order valence-electron chi connectivity index (χ3n) is 2.88. The topological polar surface area (TPSA) is 80.6 Å². The van der Waals surface area contributed by atoms with Crippen molar-refractivity contribution in [2.45, 2.75) is 10.4 Å². The van der Waals surface area contributed by atoms with Crippen LogP contribution in [0.1, 0.15) is 16.2 Å². The lowest BCUT2D eigenvalue weighted by molar-refractivity contribution is 0.0690. The lowest BCUT2D eigenvalue weighted by Crippen LogP contribution is -2.14. The van der Waals surface area contributed by atoms with Crippen LogP contribution in [0.25, 0.3) is 17.1 Å². The fourth-order valence-corrected chi connectivity index (χ4v) is 2.41. The second kappa shape index (κ2) is 5.30. The molecule has 3 rings (SSSR count). The van der Waals surface area contributed by atoms with Gasteiger partial charge in [0.1, 0.15) is 5.69 Å². The van der Waals surface area contributed by atoms with E-state index in [1.54, 1.807) is 12.1 Å². The predicted molar refractivity (Wildman–Crippen MR) is 80.3 cm³/mol. The predicted octanol–water partition coefficient (Wildman–Crippen LogP) is 3.26. The van der Waals surface area contributed by atoms with E-state index in [4.69, 9.17) is 9.52 Å². The molecule has 0 fully saturated rings. The van der Waals surface area contributed by atoms with Crippen molar-refractivity contribution >= 4 is 34.2 Å². The molecule has 3 aromatic rings. The summed E-state index contributed by atoms with van der Waals surface area (Å²) in [5.41, 5.74) is 0.386. The Hall–Kier alpha value is -2.04. The van der Waals surface area contributed by atoms with E-state index < -0.39 is 16.3 Å². The molecule has 0 spiro atoms. The molecular formula is C13H8F2IN3O3. The molecule has 6 nitrogen and oxygen atoms in total. The Morgan fingerprint density at radius 1 is 1.45 bits per heavy atom. The summed E-state index contributed by atoms with van der Waals surface area (Å²) in [6.07, 6.45) is 0.827. The minimum atomic E-state index is -3.00. The molecule has 0 unspecified atom stereocenters. The monoisotopic (exact) mass is 419 g/mol. The van der Waals surface area contributed by atoms with Gasteiger partial charge < -0.3 is 9.52 Å². The first kappa shape index (κ1) is 14.9. The van der Waals surface area contributed by atoms with Gasteiger partial charge in [0, 0.05) is 6.07 Å². The molecule has 0 saturated carbocycles. The molecule has 0 atom stereocenters. The maximum absolute atomic E-state index is 13.4. The first-order chi connectivity index (χ1) is 10.3.